The minimum Gasteiger partial charge on any atom is -0.383 e. The molecule has 0 radical (unpaired) electrons. The summed E-state index contributed by atoms with van der Waals surface area (Å²) >= 11 is 6.14. The number of anilines is 1. The number of hydrogen-bond donors (Lipinski definition) is 1. The van der Waals surface area contributed by atoms with Crippen LogP contribution < -0.4 is 10.2 Å². The highest BCUT2D eigenvalue weighted by atomic mass is 35.5. The monoisotopic (exact) mass is 324 g/mol. The van der Waals surface area contributed by atoms with Gasteiger partial charge >= 0.3 is 6.18 Å². The number of hydrogen-bond acceptors (Lipinski definition) is 3. The highest BCUT2D eigenvalue weighted by molar-refractivity contribution is 6.31. The second-order valence-corrected chi connectivity index (χ2v) is 4.94. The van der Waals surface area contributed by atoms with Gasteiger partial charge in [0.2, 0.25) is 0 Å². The Morgan fingerprint density at radius 2 is 2.05 bits per heavy atom. The molecule has 0 bridgehead atoms. The molecule has 0 aliphatic heterocycles. The summed E-state index contributed by atoms with van der Waals surface area (Å²) in [6.45, 7) is 2.48. The van der Waals surface area contributed by atoms with Crippen molar-refractivity contribution >= 4 is 17.3 Å². The van der Waals surface area contributed by atoms with E-state index in [1.807, 2.05) is 0 Å². The van der Waals surface area contributed by atoms with Crippen LogP contribution in [-0.4, -0.2) is 39.5 Å². The van der Waals surface area contributed by atoms with Gasteiger partial charge in [-0.2, -0.15) is 13.2 Å². The van der Waals surface area contributed by atoms with Crippen molar-refractivity contribution in [2.24, 2.45) is 0 Å². The van der Waals surface area contributed by atoms with Crippen LogP contribution in [0.1, 0.15) is 12.5 Å². The fourth-order valence-electron chi connectivity index (χ4n) is 1.99. The minimum absolute atomic E-state index is 0.255. The summed E-state index contributed by atoms with van der Waals surface area (Å²) in [6, 6.07) is 5.00. The topological polar surface area (TPSA) is 24.5 Å². The molecule has 0 amide bonds. The molecule has 1 rings (SSSR count). The Morgan fingerprint density at radius 1 is 1.33 bits per heavy atom. The van der Waals surface area contributed by atoms with Crippen LogP contribution in [0.3, 0.4) is 0 Å². The van der Waals surface area contributed by atoms with Crippen molar-refractivity contribution in [1.29, 1.82) is 0 Å². The average molecular weight is 325 g/mol. The molecule has 1 aromatic carbocycles. The molecule has 0 atom stereocenters. The molecule has 0 fully saturated rings. The molecule has 0 saturated carbocycles. The summed E-state index contributed by atoms with van der Waals surface area (Å²) in [5, 5.41) is 3.56. The van der Waals surface area contributed by atoms with Crippen molar-refractivity contribution in [3.05, 3.63) is 28.8 Å². The number of methoxy groups -OCH3 is 1. The van der Waals surface area contributed by atoms with Gasteiger partial charge in [0.15, 0.2) is 0 Å². The average Bonchev–Trinajstić information content (AvgIpc) is 2.41. The molecule has 0 aliphatic carbocycles. The van der Waals surface area contributed by atoms with E-state index in [-0.39, 0.29) is 6.54 Å². The van der Waals surface area contributed by atoms with Crippen molar-refractivity contribution in [3.63, 3.8) is 0 Å². The van der Waals surface area contributed by atoms with Crippen LogP contribution in [0.15, 0.2) is 18.2 Å². The molecule has 21 heavy (non-hydrogen) atoms. The fourth-order valence-corrected chi connectivity index (χ4v) is 2.23. The number of alkyl halides is 3. The Kier molecular flexibility index (Phi) is 7.28. The third-order valence-electron chi connectivity index (χ3n) is 2.97. The van der Waals surface area contributed by atoms with Gasteiger partial charge in [0.25, 0.3) is 0 Å². The number of benzene rings is 1. The third kappa shape index (κ3) is 6.11. The van der Waals surface area contributed by atoms with Gasteiger partial charge in [-0.05, 0) is 19.1 Å². The molecule has 3 nitrogen and oxygen atoms in total. The second-order valence-electron chi connectivity index (χ2n) is 4.54. The number of nitrogens with one attached hydrogen (secondary N) is 1. The largest absolute Gasteiger partial charge is 0.405 e. The van der Waals surface area contributed by atoms with Gasteiger partial charge in [0.05, 0.1) is 6.61 Å². The standard InChI is InChI=1S/C14H20ClF3N2O/c1-3-20(10-14(16,17)18)13-6-4-5-12(15)11(13)9-19-7-8-21-2/h4-6,19H,3,7-10H2,1-2H3. The van der Waals surface area contributed by atoms with Gasteiger partial charge in [-0.3, -0.25) is 0 Å². The first kappa shape index (κ1) is 18.1. The Balaban J connectivity index is 2.91. The smallest absolute Gasteiger partial charge is 0.383 e. The lowest BCUT2D eigenvalue weighted by molar-refractivity contribution is -0.119. The summed E-state index contributed by atoms with van der Waals surface area (Å²) in [7, 11) is 1.59. The molecule has 0 heterocycles. The van der Waals surface area contributed by atoms with Crippen LogP contribution in [-0.2, 0) is 11.3 Å². The maximum absolute atomic E-state index is 12.7. The molecule has 7 heteroatoms. The number of halogens is 4. The quantitative estimate of drug-likeness (QED) is 0.741. The highest BCUT2D eigenvalue weighted by Crippen LogP contribution is 2.29. The Hall–Kier alpha value is -0.980. The van der Waals surface area contributed by atoms with Crippen molar-refractivity contribution in [1.82, 2.24) is 5.32 Å². The zero-order valence-electron chi connectivity index (χ0n) is 12.1. The fraction of sp³-hybridized carbons (Fsp3) is 0.571. The first-order valence-electron chi connectivity index (χ1n) is 6.67. The van der Waals surface area contributed by atoms with E-state index in [0.29, 0.717) is 36.0 Å². The number of rotatable bonds is 8. The van der Waals surface area contributed by atoms with E-state index in [2.05, 4.69) is 5.32 Å². The second kappa shape index (κ2) is 8.46. The summed E-state index contributed by atoms with van der Waals surface area (Å²) < 4.78 is 42.9. The minimum atomic E-state index is -4.25. The van der Waals surface area contributed by atoms with Gasteiger partial charge in [0, 0.05) is 43.0 Å². The molecule has 120 valence electrons. The molecule has 0 unspecified atom stereocenters. The van der Waals surface area contributed by atoms with E-state index >= 15 is 0 Å². The third-order valence-corrected chi connectivity index (χ3v) is 3.33. The van der Waals surface area contributed by atoms with Crippen molar-refractivity contribution in [2.45, 2.75) is 19.6 Å². The van der Waals surface area contributed by atoms with E-state index in [1.165, 1.54) is 4.90 Å². The molecule has 0 saturated heterocycles. The SMILES string of the molecule is CCN(CC(F)(F)F)c1cccc(Cl)c1CNCCOC. The summed E-state index contributed by atoms with van der Waals surface area (Å²) in [5.74, 6) is 0. The van der Waals surface area contributed by atoms with Crippen LogP contribution in [0, 0.1) is 0 Å². The van der Waals surface area contributed by atoms with Gasteiger partial charge in [-0.1, -0.05) is 17.7 Å². The Bertz CT molecular complexity index is 441. The van der Waals surface area contributed by atoms with Crippen LogP contribution in [0.5, 0.6) is 0 Å². The van der Waals surface area contributed by atoms with E-state index < -0.39 is 12.7 Å². The molecule has 0 aromatic heterocycles. The molecule has 0 aliphatic rings. The Labute approximate surface area is 128 Å². The van der Waals surface area contributed by atoms with Crippen LogP contribution >= 0.6 is 11.6 Å². The van der Waals surface area contributed by atoms with Crippen molar-refractivity contribution in [3.8, 4) is 0 Å². The highest BCUT2D eigenvalue weighted by Gasteiger charge is 2.31. The maximum Gasteiger partial charge on any atom is 0.405 e. The zero-order valence-corrected chi connectivity index (χ0v) is 12.9. The molecular weight excluding hydrogens is 305 g/mol. The van der Waals surface area contributed by atoms with E-state index in [4.69, 9.17) is 16.3 Å². The van der Waals surface area contributed by atoms with Crippen LogP contribution in [0.2, 0.25) is 5.02 Å². The van der Waals surface area contributed by atoms with E-state index in [9.17, 15) is 13.2 Å². The summed E-state index contributed by atoms with van der Waals surface area (Å²) in [6.07, 6.45) is -4.25. The van der Waals surface area contributed by atoms with Gasteiger partial charge in [-0.15, -0.1) is 0 Å². The normalized spacial score (nSPS) is 11.7. The zero-order chi connectivity index (χ0) is 15.9. The predicted molar refractivity (Wildman–Crippen MR) is 79.0 cm³/mol. The van der Waals surface area contributed by atoms with Gasteiger partial charge in [-0.25, -0.2) is 0 Å². The Morgan fingerprint density at radius 3 is 2.62 bits per heavy atom. The maximum atomic E-state index is 12.7. The van der Waals surface area contributed by atoms with Gasteiger partial charge < -0.3 is 15.0 Å². The van der Waals surface area contributed by atoms with Crippen LogP contribution in [0.25, 0.3) is 0 Å². The molecule has 1 aromatic rings. The lowest BCUT2D eigenvalue weighted by Crippen LogP contribution is -2.35. The van der Waals surface area contributed by atoms with Crippen LogP contribution in [0.4, 0.5) is 18.9 Å². The summed E-state index contributed by atoms with van der Waals surface area (Å²) in [5.41, 5.74) is 1.17. The van der Waals surface area contributed by atoms with Gasteiger partial charge in [0.1, 0.15) is 6.54 Å². The van der Waals surface area contributed by atoms with Crippen molar-refractivity contribution in [2.75, 3.05) is 38.3 Å². The van der Waals surface area contributed by atoms with E-state index in [1.54, 1.807) is 32.2 Å². The van der Waals surface area contributed by atoms with E-state index in [0.717, 1.165) is 0 Å². The molecule has 1 N–H and O–H groups in total. The summed E-state index contributed by atoms with van der Waals surface area (Å²) in [4.78, 5) is 1.28. The lowest BCUT2D eigenvalue weighted by atomic mass is 10.1. The number of nitrogens with zero attached hydrogens (tertiary/aromatic N) is 1. The predicted octanol–water partition coefficient (Wildman–Crippen LogP) is 3.46. The number of ether oxygens (including phenoxy) is 1. The molecule has 0 spiro atoms. The lowest BCUT2D eigenvalue weighted by Gasteiger charge is -2.27. The first-order chi connectivity index (χ1) is 9.89. The first-order valence-corrected chi connectivity index (χ1v) is 7.05. The molecular formula is C14H20ClF3N2O. The van der Waals surface area contributed by atoms with Crippen molar-refractivity contribution < 1.29 is 17.9 Å².